The molecule has 1 spiro atoms. The van der Waals surface area contributed by atoms with Gasteiger partial charge < -0.3 is 14.5 Å². The highest BCUT2D eigenvalue weighted by Gasteiger charge is 2.40. The summed E-state index contributed by atoms with van der Waals surface area (Å²) in [5.41, 5.74) is 0.411. The maximum absolute atomic E-state index is 12.5. The number of ether oxygens (including phenoxy) is 1. The first-order chi connectivity index (χ1) is 11.8. The first-order valence-electron chi connectivity index (χ1n) is 9.14. The van der Waals surface area contributed by atoms with E-state index in [0.29, 0.717) is 17.9 Å². The molecule has 4 rings (SSSR count). The number of piperidine rings is 2. The quantitative estimate of drug-likeness (QED) is 0.826. The van der Waals surface area contributed by atoms with Gasteiger partial charge in [0.25, 0.3) is 0 Å². The summed E-state index contributed by atoms with van der Waals surface area (Å²) in [5.74, 6) is 1.27. The van der Waals surface area contributed by atoms with Crippen molar-refractivity contribution < 1.29 is 9.53 Å². The van der Waals surface area contributed by atoms with Crippen molar-refractivity contribution >= 4 is 11.9 Å². The number of anilines is 1. The third kappa shape index (κ3) is 3.11. The molecule has 3 fully saturated rings. The molecule has 0 bridgehead atoms. The van der Waals surface area contributed by atoms with Crippen LogP contribution in [-0.2, 0) is 9.53 Å². The Labute approximate surface area is 143 Å². The molecule has 3 aliphatic rings. The van der Waals surface area contributed by atoms with Crippen molar-refractivity contribution in [3.05, 3.63) is 18.5 Å². The smallest absolute Gasteiger partial charge is 0.228 e. The SMILES string of the molecule is O=C([C@H]1CCOC1)N1CCC2(CC1)CCN(c1ncccn1)CC2. The van der Waals surface area contributed by atoms with Gasteiger partial charge in [0.1, 0.15) is 0 Å². The topological polar surface area (TPSA) is 58.6 Å². The first-order valence-corrected chi connectivity index (χ1v) is 9.14. The summed E-state index contributed by atoms with van der Waals surface area (Å²) >= 11 is 0. The van der Waals surface area contributed by atoms with Crippen LogP contribution in [0.25, 0.3) is 0 Å². The second kappa shape index (κ2) is 6.67. The van der Waals surface area contributed by atoms with Crippen molar-refractivity contribution in [3.63, 3.8) is 0 Å². The number of aromatic nitrogens is 2. The van der Waals surface area contributed by atoms with Crippen molar-refractivity contribution in [1.82, 2.24) is 14.9 Å². The van der Waals surface area contributed by atoms with Gasteiger partial charge in [0.05, 0.1) is 12.5 Å². The van der Waals surface area contributed by atoms with Crippen LogP contribution in [0.3, 0.4) is 0 Å². The molecule has 1 aromatic heterocycles. The highest BCUT2D eigenvalue weighted by Crippen LogP contribution is 2.42. The molecule has 3 saturated heterocycles. The van der Waals surface area contributed by atoms with Gasteiger partial charge in [-0.05, 0) is 43.6 Å². The third-order valence-electron chi connectivity index (χ3n) is 6.07. The number of amides is 1. The van der Waals surface area contributed by atoms with Crippen LogP contribution < -0.4 is 4.90 Å². The second-order valence-electron chi connectivity index (χ2n) is 7.42. The largest absolute Gasteiger partial charge is 0.381 e. The lowest BCUT2D eigenvalue weighted by Gasteiger charge is -2.47. The molecule has 6 nitrogen and oxygen atoms in total. The Morgan fingerprint density at radius 2 is 1.75 bits per heavy atom. The van der Waals surface area contributed by atoms with Crippen LogP contribution in [0.2, 0.25) is 0 Å². The number of carbonyl (C=O) groups is 1. The van der Waals surface area contributed by atoms with Gasteiger partial charge in [-0.15, -0.1) is 0 Å². The number of hydrogen-bond donors (Lipinski definition) is 0. The Hall–Kier alpha value is -1.69. The van der Waals surface area contributed by atoms with Gasteiger partial charge in [0.2, 0.25) is 11.9 Å². The summed E-state index contributed by atoms with van der Waals surface area (Å²) in [6.07, 6.45) is 9.14. The van der Waals surface area contributed by atoms with E-state index in [9.17, 15) is 4.79 Å². The molecule has 0 aliphatic carbocycles. The number of likely N-dealkylation sites (tertiary alicyclic amines) is 1. The van der Waals surface area contributed by atoms with Gasteiger partial charge in [-0.1, -0.05) is 0 Å². The lowest BCUT2D eigenvalue weighted by Crippen LogP contribution is -2.49. The van der Waals surface area contributed by atoms with Crippen LogP contribution in [-0.4, -0.2) is 60.2 Å². The van der Waals surface area contributed by atoms with Crippen LogP contribution in [0, 0.1) is 11.3 Å². The molecule has 0 aromatic carbocycles. The summed E-state index contributed by atoms with van der Waals surface area (Å²) in [4.78, 5) is 25.6. The third-order valence-corrected chi connectivity index (χ3v) is 6.07. The molecule has 1 amide bonds. The van der Waals surface area contributed by atoms with E-state index in [4.69, 9.17) is 4.74 Å². The van der Waals surface area contributed by atoms with E-state index in [1.807, 2.05) is 18.5 Å². The van der Waals surface area contributed by atoms with Crippen LogP contribution in [0.1, 0.15) is 32.1 Å². The molecule has 4 heterocycles. The van der Waals surface area contributed by atoms with Gasteiger partial charge >= 0.3 is 0 Å². The predicted molar refractivity (Wildman–Crippen MR) is 90.7 cm³/mol. The highest BCUT2D eigenvalue weighted by molar-refractivity contribution is 5.79. The van der Waals surface area contributed by atoms with Crippen LogP contribution in [0.15, 0.2) is 18.5 Å². The van der Waals surface area contributed by atoms with Gasteiger partial charge in [0.15, 0.2) is 0 Å². The summed E-state index contributed by atoms with van der Waals surface area (Å²) in [6.45, 7) is 5.23. The van der Waals surface area contributed by atoms with Crippen LogP contribution in [0.5, 0.6) is 0 Å². The van der Waals surface area contributed by atoms with Crippen LogP contribution >= 0.6 is 0 Å². The van der Waals surface area contributed by atoms with Gasteiger partial charge in [-0.2, -0.15) is 0 Å². The summed E-state index contributed by atoms with van der Waals surface area (Å²) in [7, 11) is 0. The van der Waals surface area contributed by atoms with Crippen molar-refractivity contribution in [2.45, 2.75) is 32.1 Å². The van der Waals surface area contributed by atoms with E-state index in [1.165, 1.54) is 12.8 Å². The Morgan fingerprint density at radius 1 is 1.08 bits per heavy atom. The average molecular weight is 330 g/mol. The summed E-state index contributed by atoms with van der Waals surface area (Å²) < 4.78 is 5.37. The standard InChI is InChI=1S/C18H26N4O2/c23-16(15-2-13-24-14-15)21-9-3-18(4-10-21)5-11-22(12-6-18)17-19-7-1-8-20-17/h1,7-8,15H,2-6,9-14H2/t15-/m0/s1. The Morgan fingerprint density at radius 3 is 2.38 bits per heavy atom. The lowest BCUT2D eigenvalue weighted by molar-refractivity contribution is -0.138. The minimum Gasteiger partial charge on any atom is -0.381 e. The molecule has 1 atom stereocenters. The molecule has 0 radical (unpaired) electrons. The maximum Gasteiger partial charge on any atom is 0.228 e. The van der Waals surface area contributed by atoms with E-state index in [0.717, 1.165) is 58.0 Å². The fourth-order valence-corrected chi connectivity index (χ4v) is 4.32. The molecule has 3 aliphatic heterocycles. The molecule has 1 aromatic rings. The second-order valence-corrected chi connectivity index (χ2v) is 7.42. The lowest BCUT2D eigenvalue weighted by atomic mass is 9.71. The molecular formula is C18H26N4O2. The number of hydrogen-bond acceptors (Lipinski definition) is 5. The van der Waals surface area contributed by atoms with Gasteiger partial charge in [-0.25, -0.2) is 9.97 Å². The Balaban J connectivity index is 1.30. The van der Waals surface area contributed by atoms with E-state index in [1.54, 1.807) is 0 Å². The van der Waals surface area contributed by atoms with Crippen molar-refractivity contribution in [1.29, 1.82) is 0 Å². The minimum atomic E-state index is 0.108. The number of rotatable bonds is 2. The fraction of sp³-hybridized carbons (Fsp3) is 0.722. The monoisotopic (exact) mass is 330 g/mol. The van der Waals surface area contributed by atoms with E-state index >= 15 is 0 Å². The molecule has 0 N–H and O–H groups in total. The molecule has 24 heavy (non-hydrogen) atoms. The number of nitrogens with zero attached hydrogens (tertiary/aromatic N) is 4. The van der Waals surface area contributed by atoms with E-state index in [-0.39, 0.29) is 5.92 Å². The van der Waals surface area contributed by atoms with Crippen molar-refractivity contribution in [2.75, 3.05) is 44.3 Å². The molecular weight excluding hydrogens is 304 g/mol. The molecule has 6 heteroatoms. The Bertz CT molecular complexity index is 556. The first kappa shape index (κ1) is 15.8. The molecule has 0 saturated carbocycles. The summed E-state index contributed by atoms with van der Waals surface area (Å²) in [5, 5.41) is 0. The predicted octanol–water partition coefficient (Wildman–Crippen LogP) is 1.72. The minimum absolute atomic E-state index is 0.108. The average Bonchev–Trinajstić information content (AvgIpc) is 3.18. The van der Waals surface area contributed by atoms with E-state index in [2.05, 4.69) is 19.8 Å². The zero-order valence-corrected chi connectivity index (χ0v) is 14.2. The number of carbonyl (C=O) groups excluding carboxylic acids is 1. The van der Waals surface area contributed by atoms with Crippen molar-refractivity contribution in [3.8, 4) is 0 Å². The van der Waals surface area contributed by atoms with Gasteiger partial charge in [-0.3, -0.25) is 4.79 Å². The van der Waals surface area contributed by atoms with Crippen molar-refractivity contribution in [2.24, 2.45) is 11.3 Å². The van der Waals surface area contributed by atoms with E-state index < -0.39 is 0 Å². The summed E-state index contributed by atoms with van der Waals surface area (Å²) in [6, 6.07) is 1.86. The fourth-order valence-electron chi connectivity index (χ4n) is 4.32. The molecule has 130 valence electrons. The van der Waals surface area contributed by atoms with Gasteiger partial charge in [0, 0.05) is 45.2 Å². The molecule has 0 unspecified atom stereocenters. The Kier molecular flexibility index (Phi) is 4.39. The van der Waals surface area contributed by atoms with Crippen LogP contribution in [0.4, 0.5) is 5.95 Å². The normalized spacial score (nSPS) is 26.8. The highest BCUT2D eigenvalue weighted by atomic mass is 16.5. The zero-order chi connectivity index (χ0) is 16.4. The maximum atomic E-state index is 12.5. The zero-order valence-electron chi connectivity index (χ0n) is 14.2.